The number of nitrogen functional groups attached to an aromatic ring is 1. The van der Waals surface area contributed by atoms with E-state index >= 15 is 0 Å². The normalized spacial score (nSPS) is 18.8. The van der Waals surface area contributed by atoms with E-state index in [4.69, 9.17) is 15.5 Å². The largest absolute Gasteiger partial charge is 0.462 e. The van der Waals surface area contributed by atoms with E-state index in [-0.39, 0.29) is 5.97 Å². The number of aromatic nitrogens is 1. The molecular weight excluding hydrogens is 374 g/mol. The minimum absolute atomic E-state index is 0.316. The maximum atomic E-state index is 12.7. The number of carbonyl (C=O) groups excluding carboxylic acids is 1. The number of nitrogens with two attached hydrogens (primary N) is 1. The molecule has 2 aromatic carbocycles. The minimum atomic E-state index is -0.683. The van der Waals surface area contributed by atoms with Gasteiger partial charge in [-0.1, -0.05) is 36.4 Å². The number of hydrogen-bond donors (Lipinski definition) is 1. The van der Waals surface area contributed by atoms with Crippen LogP contribution in [0.25, 0.3) is 17.0 Å². The Kier molecular flexibility index (Phi) is 3.97. The van der Waals surface area contributed by atoms with Gasteiger partial charge in [-0.15, -0.1) is 0 Å². The number of esters is 1. The van der Waals surface area contributed by atoms with Gasteiger partial charge in [0.15, 0.2) is 5.54 Å². The molecule has 5 heteroatoms. The lowest BCUT2D eigenvalue weighted by Crippen LogP contribution is -2.32. The molecule has 1 aromatic heterocycles. The van der Waals surface area contributed by atoms with Crippen molar-refractivity contribution in [3.05, 3.63) is 83.1 Å². The molecule has 2 aliphatic heterocycles. The van der Waals surface area contributed by atoms with Crippen molar-refractivity contribution in [1.29, 1.82) is 0 Å². The molecule has 0 radical (unpaired) electrons. The summed E-state index contributed by atoms with van der Waals surface area (Å²) in [4.78, 5) is 17.8. The molecule has 0 amide bonds. The number of benzene rings is 2. The van der Waals surface area contributed by atoms with Crippen molar-refractivity contribution in [2.24, 2.45) is 4.99 Å². The first-order chi connectivity index (χ1) is 14.5. The highest BCUT2D eigenvalue weighted by atomic mass is 16.5. The van der Waals surface area contributed by atoms with Crippen molar-refractivity contribution in [2.45, 2.75) is 26.3 Å². The van der Waals surface area contributed by atoms with Crippen LogP contribution in [0.4, 0.5) is 5.69 Å². The van der Waals surface area contributed by atoms with E-state index in [0.717, 1.165) is 39.5 Å². The molecule has 150 valence electrons. The molecule has 0 saturated heterocycles. The predicted octanol–water partition coefficient (Wildman–Crippen LogP) is 4.80. The van der Waals surface area contributed by atoms with Crippen LogP contribution in [0.5, 0.6) is 0 Å². The zero-order valence-electron chi connectivity index (χ0n) is 17.3. The van der Waals surface area contributed by atoms with Crippen LogP contribution < -0.4 is 5.73 Å². The Morgan fingerprint density at radius 1 is 1.13 bits per heavy atom. The minimum Gasteiger partial charge on any atom is -0.462 e. The third-order valence-corrected chi connectivity index (χ3v) is 5.94. The maximum absolute atomic E-state index is 12.7. The highest BCUT2D eigenvalue weighted by Crippen LogP contribution is 2.55. The zero-order chi connectivity index (χ0) is 21.0. The van der Waals surface area contributed by atoms with Crippen LogP contribution in [0.15, 0.2) is 65.7 Å². The van der Waals surface area contributed by atoms with Crippen molar-refractivity contribution >= 4 is 23.1 Å². The van der Waals surface area contributed by atoms with Crippen LogP contribution in [0, 0.1) is 6.92 Å². The molecule has 2 aliphatic rings. The Balaban J connectivity index is 1.89. The van der Waals surface area contributed by atoms with Gasteiger partial charge >= 0.3 is 5.97 Å². The summed E-state index contributed by atoms with van der Waals surface area (Å²) in [5.74, 6) is -0.316. The number of allylic oxidation sites excluding steroid dienone is 1. The predicted molar refractivity (Wildman–Crippen MR) is 120 cm³/mol. The summed E-state index contributed by atoms with van der Waals surface area (Å²) in [6.45, 7) is 6.12. The lowest BCUT2D eigenvalue weighted by molar-refractivity contribution is 0.0525. The van der Waals surface area contributed by atoms with Gasteiger partial charge < -0.3 is 15.0 Å². The third kappa shape index (κ3) is 2.35. The van der Waals surface area contributed by atoms with E-state index in [1.54, 1.807) is 0 Å². The molecule has 30 heavy (non-hydrogen) atoms. The van der Waals surface area contributed by atoms with Crippen molar-refractivity contribution in [2.75, 3.05) is 12.3 Å². The van der Waals surface area contributed by atoms with Crippen molar-refractivity contribution in [3.8, 4) is 11.3 Å². The second-order valence-corrected chi connectivity index (χ2v) is 7.75. The summed E-state index contributed by atoms with van der Waals surface area (Å²) in [6.07, 6.45) is 2.11. The first-order valence-corrected chi connectivity index (χ1v) is 10.1. The van der Waals surface area contributed by atoms with Crippen LogP contribution in [0.2, 0.25) is 0 Å². The average Bonchev–Trinajstić information content (AvgIpc) is 3.26. The van der Waals surface area contributed by atoms with Crippen LogP contribution in [0.1, 0.15) is 41.0 Å². The van der Waals surface area contributed by atoms with Gasteiger partial charge in [-0.25, -0.2) is 4.79 Å². The van der Waals surface area contributed by atoms with Gasteiger partial charge in [-0.3, -0.25) is 4.99 Å². The van der Waals surface area contributed by atoms with Crippen LogP contribution >= 0.6 is 0 Å². The third-order valence-electron chi connectivity index (χ3n) is 5.94. The molecule has 3 heterocycles. The van der Waals surface area contributed by atoms with Gasteiger partial charge in [0.25, 0.3) is 0 Å². The molecule has 0 fully saturated rings. The van der Waals surface area contributed by atoms with Gasteiger partial charge in [0.05, 0.1) is 23.6 Å². The average molecular weight is 397 g/mol. The van der Waals surface area contributed by atoms with Crippen molar-refractivity contribution < 1.29 is 9.53 Å². The second kappa shape index (κ2) is 6.46. The number of hydrogen-bond acceptors (Lipinski definition) is 4. The first-order valence-electron chi connectivity index (χ1n) is 10.1. The molecule has 1 atom stereocenters. The Morgan fingerprint density at radius 3 is 2.63 bits per heavy atom. The Morgan fingerprint density at radius 2 is 1.90 bits per heavy atom. The van der Waals surface area contributed by atoms with E-state index in [0.29, 0.717) is 17.9 Å². The summed E-state index contributed by atoms with van der Waals surface area (Å²) in [5.41, 5.74) is 13.6. The quantitative estimate of drug-likeness (QED) is 0.510. The molecule has 0 spiro atoms. The van der Waals surface area contributed by atoms with Crippen molar-refractivity contribution in [1.82, 2.24) is 4.57 Å². The number of anilines is 1. The second-order valence-electron chi connectivity index (χ2n) is 7.75. The fourth-order valence-electron chi connectivity index (χ4n) is 4.75. The highest BCUT2D eigenvalue weighted by molar-refractivity contribution is 6.07. The monoisotopic (exact) mass is 397 g/mol. The molecule has 3 aromatic rings. The van der Waals surface area contributed by atoms with E-state index in [2.05, 4.69) is 28.8 Å². The van der Waals surface area contributed by atoms with Gasteiger partial charge in [0.1, 0.15) is 0 Å². The number of aliphatic imine (C=N–C) groups is 1. The first kappa shape index (κ1) is 18.4. The van der Waals surface area contributed by atoms with Crippen LogP contribution in [-0.4, -0.2) is 22.9 Å². The number of carbonyl (C=O) groups is 1. The summed E-state index contributed by atoms with van der Waals surface area (Å²) >= 11 is 0. The van der Waals surface area contributed by atoms with Gasteiger partial charge in [0, 0.05) is 22.7 Å². The number of rotatable bonds is 3. The smallest absolute Gasteiger partial charge is 0.339 e. The summed E-state index contributed by atoms with van der Waals surface area (Å²) in [7, 11) is 0. The van der Waals surface area contributed by atoms with Gasteiger partial charge in [0.2, 0.25) is 0 Å². The molecule has 0 saturated carbocycles. The molecule has 5 rings (SSSR count). The van der Waals surface area contributed by atoms with E-state index < -0.39 is 5.54 Å². The molecule has 5 nitrogen and oxygen atoms in total. The van der Waals surface area contributed by atoms with E-state index in [1.165, 1.54) is 0 Å². The molecule has 2 N–H and O–H groups in total. The zero-order valence-corrected chi connectivity index (χ0v) is 17.3. The topological polar surface area (TPSA) is 69.6 Å². The molecule has 0 bridgehead atoms. The lowest BCUT2D eigenvalue weighted by atomic mass is 9.76. The van der Waals surface area contributed by atoms with Gasteiger partial charge in [-0.05, 0) is 56.2 Å². The van der Waals surface area contributed by atoms with Gasteiger partial charge in [-0.2, -0.15) is 0 Å². The van der Waals surface area contributed by atoms with Crippen molar-refractivity contribution in [3.63, 3.8) is 0 Å². The van der Waals surface area contributed by atoms with Crippen LogP contribution in [-0.2, 0) is 10.3 Å². The number of nitrogens with zero attached hydrogens (tertiary/aromatic N) is 2. The van der Waals surface area contributed by atoms with E-state index in [9.17, 15) is 4.79 Å². The summed E-state index contributed by atoms with van der Waals surface area (Å²) in [5, 5.41) is 0. The van der Waals surface area contributed by atoms with E-state index in [1.807, 2.05) is 57.2 Å². The number of ether oxygens (including phenoxy) is 1. The summed E-state index contributed by atoms with van der Waals surface area (Å²) in [6, 6.07) is 18.1. The highest BCUT2D eigenvalue weighted by Gasteiger charge is 2.48. The maximum Gasteiger partial charge on any atom is 0.339 e. The fourth-order valence-corrected chi connectivity index (χ4v) is 4.75. The molecular formula is C25H23N3O2. The summed E-state index contributed by atoms with van der Waals surface area (Å²) < 4.78 is 7.46. The number of fused-ring (bicyclic) bond motifs is 6. The molecule has 0 aliphatic carbocycles. The lowest BCUT2D eigenvalue weighted by Gasteiger charge is -2.38. The van der Waals surface area contributed by atoms with Crippen LogP contribution in [0.3, 0.4) is 0 Å². The Hall–Kier alpha value is -3.60. The Labute approximate surface area is 175 Å². The molecule has 1 unspecified atom stereocenters. The Bertz CT molecular complexity index is 1250. The fraction of sp³-hybridized carbons (Fsp3) is 0.200. The standard InChI is InChI=1S/C25H23N3O2/c1-4-30-24(29)19-14-22-20-13-18(26)10-11-21(20)25(17-8-6-5-7-9-17)23(12-15(2)27-25)28(22)16(19)3/h5-14H,4,26H2,1-3H3. The SMILES string of the molecule is CCOC(=O)c1cc2n(c1C)C1=CC(C)=NC1(c1ccccc1)c1ccc(N)cc1-2.